The third-order valence-electron chi connectivity index (χ3n) is 4.46. The number of ether oxygens (including phenoxy) is 2. The molecule has 1 aromatic carbocycles. The molecule has 6 nitrogen and oxygen atoms in total. The Kier molecular flexibility index (Phi) is 7.10. The van der Waals surface area contributed by atoms with Crippen LogP contribution in [0.1, 0.15) is 5.56 Å². The summed E-state index contributed by atoms with van der Waals surface area (Å²) in [7, 11) is 3.19. The van der Waals surface area contributed by atoms with Gasteiger partial charge in [-0.3, -0.25) is 4.79 Å². The average molecular weight is 377 g/mol. The van der Waals surface area contributed by atoms with E-state index < -0.39 is 18.6 Å². The molecule has 0 unspecified atom stereocenters. The Morgan fingerprint density at radius 1 is 1.08 bits per heavy atom. The zero-order valence-electron chi connectivity index (χ0n) is 15.0. The Morgan fingerprint density at radius 2 is 1.69 bits per heavy atom. The number of hydrogen-bond acceptors (Lipinski definition) is 3. The van der Waals surface area contributed by atoms with Gasteiger partial charge in [0.1, 0.15) is 39.3 Å². The molecule has 0 spiro atoms. The van der Waals surface area contributed by atoms with Crippen LogP contribution >= 0.6 is 0 Å². The van der Waals surface area contributed by atoms with Gasteiger partial charge in [0.15, 0.2) is 18.0 Å². The predicted molar refractivity (Wildman–Crippen MR) is 88.6 cm³/mol. The minimum atomic E-state index is -4.37. The first-order chi connectivity index (χ1) is 12.3. The van der Waals surface area contributed by atoms with Crippen molar-refractivity contribution in [3.63, 3.8) is 0 Å². The van der Waals surface area contributed by atoms with Crippen molar-refractivity contribution in [1.82, 2.24) is 5.32 Å². The van der Waals surface area contributed by atoms with Crippen molar-refractivity contribution in [2.75, 3.05) is 53.5 Å². The molecule has 1 amide bonds. The van der Waals surface area contributed by atoms with E-state index in [4.69, 9.17) is 9.47 Å². The second-order valence-corrected chi connectivity index (χ2v) is 6.43. The molecule has 1 aliphatic rings. The van der Waals surface area contributed by atoms with Gasteiger partial charge in [0.05, 0.1) is 14.2 Å². The molecule has 1 heterocycles. The minimum Gasteiger partial charge on any atom is -0.493 e. The molecular formula is C17H26F3N3O3+2. The molecule has 3 N–H and O–H groups in total. The number of rotatable bonds is 7. The van der Waals surface area contributed by atoms with Gasteiger partial charge in [0.2, 0.25) is 0 Å². The SMILES string of the molecule is COc1ccc(C[NH+]2CC[NH+](CC(=O)NCC(F)(F)F)CC2)cc1OC. The van der Waals surface area contributed by atoms with E-state index in [1.165, 1.54) is 4.90 Å². The molecule has 0 radical (unpaired) electrons. The van der Waals surface area contributed by atoms with Gasteiger partial charge >= 0.3 is 6.18 Å². The van der Waals surface area contributed by atoms with Crippen molar-refractivity contribution < 1.29 is 37.2 Å². The highest BCUT2D eigenvalue weighted by atomic mass is 19.4. The number of alkyl halides is 3. The maximum atomic E-state index is 12.1. The molecule has 9 heteroatoms. The van der Waals surface area contributed by atoms with Crippen LogP contribution in [-0.2, 0) is 11.3 Å². The van der Waals surface area contributed by atoms with Crippen molar-refractivity contribution in [3.05, 3.63) is 23.8 Å². The normalized spacial score (nSPS) is 20.5. The quantitative estimate of drug-likeness (QED) is 0.552. The molecule has 2 rings (SSSR count). The maximum absolute atomic E-state index is 12.1. The van der Waals surface area contributed by atoms with E-state index in [-0.39, 0.29) is 6.54 Å². The summed E-state index contributed by atoms with van der Waals surface area (Å²) in [5, 5.41) is 1.93. The number of carbonyl (C=O) groups is 1. The molecule has 1 aliphatic heterocycles. The minimum absolute atomic E-state index is 0.0831. The first kappa shape index (κ1) is 20.3. The van der Waals surface area contributed by atoms with Crippen LogP contribution in [0.15, 0.2) is 18.2 Å². The van der Waals surface area contributed by atoms with Crippen LogP contribution in [0.4, 0.5) is 13.2 Å². The van der Waals surface area contributed by atoms with Crippen LogP contribution in [-0.4, -0.2) is 65.6 Å². The Hall–Kier alpha value is -2.00. The summed E-state index contributed by atoms with van der Waals surface area (Å²) in [5.74, 6) is 0.820. The second kappa shape index (κ2) is 9.09. The lowest BCUT2D eigenvalue weighted by molar-refractivity contribution is -1.02. The van der Waals surface area contributed by atoms with E-state index in [9.17, 15) is 18.0 Å². The largest absolute Gasteiger partial charge is 0.493 e. The fraction of sp³-hybridized carbons (Fsp3) is 0.588. The van der Waals surface area contributed by atoms with Gasteiger partial charge < -0.3 is 24.6 Å². The molecule has 146 valence electrons. The highest BCUT2D eigenvalue weighted by molar-refractivity contribution is 5.76. The standard InChI is InChI=1S/C17H24F3N3O3/c1-25-14-4-3-13(9-15(14)26-2)10-22-5-7-23(8-6-22)11-16(24)21-12-17(18,19)20/h3-4,9H,5-8,10-12H2,1-2H3,(H,21,24)/p+2. The first-order valence-corrected chi connectivity index (χ1v) is 8.52. The lowest BCUT2D eigenvalue weighted by Gasteiger charge is -2.29. The number of carbonyl (C=O) groups excluding carboxylic acids is 1. The lowest BCUT2D eigenvalue weighted by atomic mass is 10.1. The van der Waals surface area contributed by atoms with Gasteiger partial charge in [-0.15, -0.1) is 0 Å². The summed E-state index contributed by atoms with van der Waals surface area (Å²) < 4.78 is 46.9. The van der Waals surface area contributed by atoms with Gasteiger partial charge in [-0.1, -0.05) is 0 Å². The van der Waals surface area contributed by atoms with Crippen LogP contribution in [0.2, 0.25) is 0 Å². The summed E-state index contributed by atoms with van der Waals surface area (Å²) >= 11 is 0. The van der Waals surface area contributed by atoms with Gasteiger partial charge in [0.25, 0.3) is 5.91 Å². The van der Waals surface area contributed by atoms with Gasteiger partial charge in [0, 0.05) is 5.56 Å². The predicted octanol–water partition coefficient (Wildman–Crippen LogP) is -1.33. The smallest absolute Gasteiger partial charge is 0.405 e. The highest BCUT2D eigenvalue weighted by Gasteiger charge is 2.29. The van der Waals surface area contributed by atoms with E-state index >= 15 is 0 Å². The Morgan fingerprint density at radius 3 is 2.27 bits per heavy atom. The Balaban J connectivity index is 1.77. The van der Waals surface area contributed by atoms with Crippen molar-refractivity contribution in [3.8, 4) is 11.5 Å². The molecule has 1 aromatic rings. The number of hydrogen-bond donors (Lipinski definition) is 3. The van der Waals surface area contributed by atoms with Gasteiger partial charge in [-0.25, -0.2) is 0 Å². The summed E-state index contributed by atoms with van der Waals surface area (Å²) in [6.45, 7) is 2.86. The third-order valence-corrected chi connectivity index (χ3v) is 4.46. The van der Waals surface area contributed by atoms with Crippen LogP contribution in [0.25, 0.3) is 0 Å². The molecule has 0 aromatic heterocycles. The summed E-state index contributed by atoms with van der Waals surface area (Å²) in [5.41, 5.74) is 1.13. The average Bonchev–Trinajstić information content (AvgIpc) is 2.61. The third kappa shape index (κ3) is 6.38. The van der Waals surface area contributed by atoms with E-state index in [2.05, 4.69) is 0 Å². The van der Waals surface area contributed by atoms with Gasteiger partial charge in [-0.05, 0) is 18.2 Å². The number of halogens is 3. The first-order valence-electron chi connectivity index (χ1n) is 8.52. The molecule has 0 bridgehead atoms. The van der Waals surface area contributed by atoms with Crippen LogP contribution in [0, 0.1) is 0 Å². The zero-order chi connectivity index (χ0) is 19.2. The molecule has 0 atom stereocenters. The molecule has 26 heavy (non-hydrogen) atoms. The highest BCUT2D eigenvalue weighted by Crippen LogP contribution is 2.27. The monoisotopic (exact) mass is 377 g/mol. The molecule has 1 fully saturated rings. The van der Waals surface area contributed by atoms with E-state index in [1.807, 2.05) is 23.5 Å². The van der Waals surface area contributed by atoms with Crippen molar-refractivity contribution >= 4 is 5.91 Å². The van der Waals surface area contributed by atoms with Crippen LogP contribution < -0.4 is 24.6 Å². The van der Waals surface area contributed by atoms with Crippen molar-refractivity contribution in [2.45, 2.75) is 12.7 Å². The lowest BCUT2D eigenvalue weighted by Crippen LogP contribution is -3.28. The topological polar surface area (TPSA) is 56.4 Å². The van der Waals surface area contributed by atoms with Gasteiger partial charge in [-0.2, -0.15) is 13.2 Å². The number of benzene rings is 1. The number of nitrogens with one attached hydrogen (secondary N) is 3. The number of amides is 1. The Labute approximate surface area is 150 Å². The molecular weight excluding hydrogens is 351 g/mol. The van der Waals surface area contributed by atoms with E-state index in [0.29, 0.717) is 11.5 Å². The summed E-state index contributed by atoms with van der Waals surface area (Å²) in [4.78, 5) is 14.0. The van der Waals surface area contributed by atoms with Crippen molar-refractivity contribution in [2.24, 2.45) is 0 Å². The summed E-state index contributed by atoms with van der Waals surface area (Å²) in [6.07, 6.45) is -4.37. The van der Waals surface area contributed by atoms with Crippen LogP contribution in [0.5, 0.6) is 11.5 Å². The fourth-order valence-electron chi connectivity index (χ4n) is 3.08. The number of quaternary nitrogens is 2. The molecule has 0 aliphatic carbocycles. The summed E-state index contributed by atoms with van der Waals surface area (Å²) in [6, 6.07) is 5.83. The van der Waals surface area contributed by atoms with Crippen molar-refractivity contribution in [1.29, 1.82) is 0 Å². The fourth-order valence-corrected chi connectivity index (χ4v) is 3.08. The maximum Gasteiger partial charge on any atom is 0.405 e. The van der Waals surface area contributed by atoms with E-state index in [0.717, 1.165) is 43.2 Å². The number of piperazine rings is 1. The van der Waals surface area contributed by atoms with Crippen LogP contribution in [0.3, 0.4) is 0 Å². The molecule has 1 saturated heterocycles. The molecule has 0 saturated carbocycles. The Bertz CT molecular complexity index is 603. The zero-order valence-corrected chi connectivity index (χ0v) is 15.0. The van der Waals surface area contributed by atoms with E-state index in [1.54, 1.807) is 14.2 Å². The second-order valence-electron chi connectivity index (χ2n) is 6.43. The number of methoxy groups -OCH3 is 2.